The molecule has 1 saturated heterocycles. The SMILES string of the molecule is CCCC1=C(C)CC2(CC1)OCCO2. The molecule has 1 aliphatic heterocycles. The fourth-order valence-electron chi connectivity index (χ4n) is 2.56. The Kier molecular flexibility index (Phi) is 2.93. The normalized spacial score (nSPS) is 26.1. The molecule has 0 radical (unpaired) electrons. The Morgan fingerprint density at radius 3 is 2.57 bits per heavy atom. The number of ether oxygens (including phenoxy) is 2. The topological polar surface area (TPSA) is 18.5 Å². The molecule has 1 aliphatic carbocycles. The molecule has 0 saturated carbocycles. The summed E-state index contributed by atoms with van der Waals surface area (Å²) in [5, 5.41) is 0. The third-order valence-electron chi connectivity index (χ3n) is 3.31. The summed E-state index contributed by atoms with van der Waals surface area (Å²) < 4.78 is 11.4. The van der Waals surface area contributed by atoms with Gasteiger partial charge >= 0.3 is 0 Å². The van der Waals surface area contributed by atoms with Gasteiger partial charge in [-0.3, -0.25) is 0 Å². The van der Waals surface area contributed by atoms with Gasteiger partial charge in [-0.2, -0.15) is 0 Å². The fraction of sp³-hybridized carbons (Fsp3) is 0.833. The van der Waals surface area contributed by atoms with Gasteiger partial charge in [-0.1, -0.05) is 24.5 Å². The van der Waals surface area contributed by atoms with Gasteiger partial charge in [0.2, 0.25) is 0 Å². The second-order valence-corrected chi connectivity index (χ2v) is 4.42. The first-order valence-electron chi connectivity index (χ1n) is 5.71. The molecule has 2 rings (SSSR count). The minimum absolute atomic E-state index is 0.235. The van der Waals surface area contributed by atoms with Crippen molar-refractivity contribution in [3.05, 3.63) is 11.1 Å². The van der Waals surface area contributed by atoms with Crippen molar-refractivity contribution in [1.82, 2.24) is 0 Å². The first-order valence-corrected chi connectivity index (χ1v) is 5.71. The van der Waals surface area contributed by atoms with Gasteiger partial charge in [0.25, 0.3) is 0 Å². The highest BCUT2D eigenvalue weighted by Gasteiger charge is 2.39. The van der Waals surface area contributed by atoms with E-state index in [0.29, 0.717) is 0 Å². The van der Waals surface area contributed by atoms with E-state index in [1.807, 2.05) is 0 Å². The summed E-state index contributed by atoms with van der Waals surface area (Å²) in [6.07, 6.45) is 5.71. The molecule has 0 atom stereocenters. The van der Waals surface area contributed by atoms with Crippen LogP contribution in [-0.4, -0.2) is 19.0 Å². The molecule has 2 aliphatic rings. The van der Waals surface area contributed by atoms with Gasteiger partial charge in [0.1, 0.15) is 0 Å². The molecule has 1 heterocycles. The van der Waals surface area contributed by atoms with Crippen molar-refractivity contribution in [1.29, 1.82) is 0 Å². The smallest absolute Gasteiger partial charge is 0.172 e. The van der Waals surface area contributed by atoms with Crippen molar-refractivity contribution in [2.45, 2.75) is 51.7 Å². The van der Waals surface area contributed by atoms with Gasteiger partial charge in [-0.15, -0.1) is 0 Å². The van der Waals surface area contributed by atoms with Crippen LogP contribution in [0.25, 0.3) is 0 Å². The van der Waals surface area contributed by atoms with Crippen molar-refractivity contribution < 1.29 is 9.47 Å². The van der Waals surface area contributed by atoms with E-state index in [-0.39, 0.29) is 5.79 Å². The van der Waals surface area contributed by atoms with Crippen LogP contribution >= 0.6 is 0 Å². The molecule has 14 heavy (non-hydrogen) atoms. The monoisotopic (exact) mass is 196 g/mol. The summed E-state index contributed by atoms with van der Waals surface area (Å²) in [6, 6.07) is 0. The molecule has 2 heteroatoms. The Bertz CT molecular complexity index is 237. The predicted octanol–water partition coefficient (Wildman–Crippen LogP) is 3.03. The van der Waals surface area contributed by atoms with Gasteiger partial charge in [0.05, 0.1) is 13.2 Å². The molecule has 0 unspecified atom stereocenters. The summed E-state index contributed by atoms with van der Waals surface area (Å²) in [6.45, 7) is 6.02. The molecule has 1 spiro atoms. The van der Waals surface area contributed by atoms with Crippen molar-refractivity contribution in [2.24, 2.45) is 0 Å². The standard InChI is InChI=1S/C12H20O2/c1-3-4-11-5-6-12(9-10(11)2)13-7-8-14-12/h3-9H2,1-2H3. The first kappa shape index (κ1) is 10.2. The Hall–Kier alpha value is -0.340. The minimum atomic E-state index is -0.235. The largest absolute Gasteiger partial charge is 0.347 e. The van der Waals surface area contributed by atoms with Crippen molar-refractivity contribution >= 4 is 0 Å². The second-order valence-electron chi connectivity index (χ2n) is 4.42. The lowest BCUT2D eigenvalue weighted by molar-refractivity contribution is -0.163. The van der Waals surface area contributed by atoms with E-state index in [1.54, 1.807) is 5.57 Å². The van der Waals surface area contributed by atoms with Crippen molar-refractivity contribution in [2.75, 3.05) is 13.2 Å². The summed E-state index contributed by atoms with van der Waals surface area (Å²) in [5.41, 5.74) is 3.14. The van der Waals surface area contributed by atoms with Gasteiger partial charge in [-0.25, -0.2) is 0 Å². The van der Waals surface area contributed by atoms with Gasteiger partial charge in [0.15, 0.2) is 5.79 Å². The predicted molar refractivity (Wildman–Crippen MR) is 56.1 cm³/mol. The lowest BCUT2D eigenvalue weighted by Gasteiger charge is -2.33. The van der Waals surface area contributed by atoms with Crippen LogP contribution < -0.4 is 0 Å². The molecular formula is C12H20O2. The van der Waals surface area contributed by atoms with Crippen LogP contribution in [0.5, 0.6) is 0 Å². The maximum atomic E-state index is 5.72. The molecule has 2 nitrogen and oxygen atoms in total. The van der Waals surface area contributed by atoms with Gasteiger partial charge in [0, 0.05) is 12.8 Å². The van der Waals surface area contributed by atoms with E-state index in [2.05, 4.69) is 13.8 Å². The van der Waals surface area contributed by atoms with Crippen LogP contribution in [0.15, 0.2) is 11.1 Å². The molecule has 1 fully saturated rings. The molecule has 0 aromatic carbocycles. The molecule has 0 amide bonds. The van der Waals surface area contributed by atoms with E-state index in [9.17, 15) is 0 Å². The van der Waals surface area contributed by atoms with Gasteiger partial charge in [-0.05, 0) is 19.8 Å². The molecule has 0 bridgehead atoms. The number of hydrogen-bond donors (Lipinski definition) is 0. The maximum Gasteiger partial charge on any atom is 0.172 e. The average Bonchev–Trinajstić information content (AvgIpc) is 2.59. The lowest BCUT2D eigenvalue weighted by atomic mass is 9.86. The van der Waals surface area contributed by atoms with E-state index in [1.165, 1.54) is 24.8 Å². The van der Waals surface area contributed by atoms with Crippen molar-refractivity contribution in [3.63, 3.8) is 0 Å². The van der Waals surface area contributed by atoms with Crippen LogP contribution in [0.1, 0.15) is 46.0 Å². The summed E-state index contributed by atoms with van der Waals surface area (Å²) in [7, 11) is 0. The van der Waals surface area contributed by atoms with Crippen LogP contribution in [0.2, 0.25) is 0 Å². The zero-order valence-corrected chi connectivity index (χ0v) is 9.27. The molecule has 0 aromatic heterocycles. The average molecular weight is 196 g/mol. The summed E-state index contributed by atoms with van der Waals surface area (Å²) >= 11 is 0. The van der Waals surface area contributed by atoms with Crippen LogP contribution in [0.3, 0.4) is 0 Å². The number of rotatable bonds is 2. The van der Waals surface area contributed by atoms with Crippen LogP contribution in [-0.2, 0) is 9.47 Å². The highest BCUT2D eigenvalue weighted by atomic mass is 16.7. The van der Waals surface area contributed by atoms with E-state index in [4.69, 9.17) is 9.47 Å². The van der Waals surface area contributed by atoms with Gasteiger partial charge < -0.3 is 9.47 Å². The molecular weight excluding hydrogens is 176 g/mol. The van der Waals surface area contributed by atoms with Crippen molar-refractivity contribution in [3.8, 4) is 0 Å². The Morgan fingerprint density at radius 2 is 2.00 bits per heavy atom. The highest BCUT2D eigenvalue weighted by molar-refractivity contribution is 5.18. The minimum Gasteiger partial charge on any atom is -0.347 e. The molecule has 0 N–H and O–H groups in total. The highest BCUT2D eigenvalue weighted by Crippen LogP contribution is 2.39. The van der Waals surface area contributed by atoms with Crippen LogP contribution in [0.4, 0.5) is 0 Å². The van der Waals surface area contributed by atoms with Crippen LogP contribution in [0, 0.1) is 0 Å². The zero-order valence-electron chi connectivity index (χ0n) is 9.27. The second kappa shape index (κ2) is 4.03. The Balaban J connectivity index is 2.05. The molecule has 80 valence electrons. The zero-order chi connectivity index (χ0) is 10.0. The lowest BCUT2D eigenvalue weighted by Crippen LogP contribution is -2.33. The fourth-order valence-corrected chi connectivity index (χ4v) is 2.56. The molecule has 0 aromatic rings. The number of hydrogen-bond acceptors (Lipinski definition) is 2. The Labute approximate surface area is 86.3 Å². The Morgan fingerprint density at radius 1 is 1.29 bits per heavy atom. The van der Waals surface area contributed by atoms with E-state index < -0.39 is 0 Å². The third-order valence-corrected chi connectivity index (χ3v) is 3.31. The summed E-state index contributed by atoms with van der Waals surface area (Å²) in [4.78, 5) is 0. The van der Waals surface area contributed by atoms with E-state index >= 15 is 0 Å². The maximum absolute atomic E-state index is 5.72. The summed E-state index contributed by atoms with van der Waals surface area (Å²) in [5.74, 6) is -0.235. The first-order chi connectivity index (χ1) is 6.76. The number of allylic oxidation sites excluding steroid dienone is 1. The third kappa shape index (κ3) is 1.86. The van der Waals surface area contributed by atoms with E-state index in [0.717, 1.165) is 26.1 Å². The quantitative estimate of drug-likeness (QED) is 0.632.